The number of nitroso groups, excluding NO2 is 1. The van der Waals surface area contributed by atoms with Crippen LogP contribution >= 0.6 is 12.4 Å². The third-order valence-electron chi connectivity index (χ3n) is 0.667. The Labute approximate surface area is 60.1 Å². The predicted octanol–water partition coefficient (Wildman–Crippen LogP) is 2.44. The molecule has 0 saturated heterocycles. The van der Waals surface area contributed by atoms with Gasteiger partial charge in [-0.05, 0) is 0 Å². The largest absolute Gasteiger partial charge is 0.154 e. The smallest absolute Gasteiger partial charge is 0.0623 e. The van der Waals surface area contributed by atoms with Crippen LogP contribution in [0.3, 0.4) is 0 Å². The van der Waals surface area contributed by atoms with Crippen molar-refractivity contribution in [2.45, 2.75) is 0 Å². The average molecular weight is 146 g/mol. The molecule has 50 valence electrons. The van der Waals surface area contributed by atoms with E-state index in [1.54, 1.807) is 0 Å². The van der Waals surface area contributed by atoms with Crippen LogP contribution in [-0.4, -0.2) is 0 Å². The molecule has 1 aromatic rings. The molecule has 0 aromatic heterocycles. The Morgan fingerprint density at radius 2 is 0.778 bits per heavy atom. The molecule has 1 rings (SSSR count). The summed E-state index contributed by atoms with van der Waals surface area (Å²) in [4.78, 5) is 7.50. The fourth-order valence-electron chi connectivity index (χ4n) is 0.385. The van der Waals surface area contributed by atoms with Gasteiger partial charge in [-0.25, -0.2) is 0 Å². The van der Waals surface area contributed by atoms with Crippen LogP contribution in [0, 0.1) is 10.5 Å². The molecule has 0 radical (unpaired) electrons. The summed E-state index contributed by atoms with van der Waals surface area (Å²) in [6.45, 7) is 0. The van der Waals surface area contributed by atoms with Crippen molar-refractivity contribution in [3.8, 4) is 0 Å². The molecule has 1 aromatic carbocycles. The van der Waals surface area contributed by atoms with Crippen molar-refractivity contribution in [3.63, 3.8) is 0 Å². The molecule has 2 nitrogen and oxygen atoms in total. The van der Waals surface area contributed by atoms with Gasteiger partial charge in [0.1, 0.15) is 0 Å². The van der Waals surface area contributed by atoms with E-state index in [1.807, 2.05) is 36.4 Å². The van der Waals surface area contributed by atoms with E-state index in [2.05, 4.69) is 5.59 Å². The monoisotopic (exact) mass is 145 g/mol. The third-order valence-corrected chi connectivity index (χ3v) is 0.667. The number of halogens is 1. The molecule has 0 atom stereocenters. The average Bonchev–Trinajstić information content (AvgIpc) is 1.96. The Morgan fingerprint density at radius 1 is 0.667 bits per heavy atom. The first-order valence-corrected chi connectivity index (χ1v) is 2.20. The highest BCUT2D eigenvalue weighted by molar-refractivity contribution is 5.85. The second kappa shape index (κ2) is 10.2. The maximum atomic E-state index is 7.50. The molecule has 0 spiro atoms. The van der Waals surface area contributed by atoms with Crippen LogP contribution in [0.25, 0.3) is 0 Å². The van der Waals surface area contributed by atoms with Crippen LogP contribution in [0.15, 0.2) is 36.4 Å². The zero-order valence-electron chi connectivity index (χ0n) is 4.78. The van der Waals surface area contributed by atoms with Crippen LogP contribution in [0.2, 0.25) is 0 Å². The van der Waals surface area contributed by atoms with Crippen molar-refractivity contribution >= 4 is 12.4 Å². The Kier molecular flexibility index (Phi) is 12.4. The number of hydrogen-bond donors (Lipinski definition) is 1. The number of benzene rings is 1. The van der Waals surface area contributed by atoms with Crippen LogP contribution in [0.1, 0.15) is 0 Å². The second-order valence-corrected chi connectivity index (χ2v) is 1.15. The third kappa shape index (κ3) is 7.11. The summed E-state index contributed by atoms with van der Waals surface area (Å²) in [6.07, 6.45) is 0. The normalized spacial score (nSPS) is 5.78. The quantitative estimate of drug-likeness (QED) is 0.560. The molecule has 0 fully saturated rings. The van der Waals surface area contributed by atoms with Gasteiger partial charge in [0.05, 0.1) is 0 Å². The first-order valence-electron chi connectivity index (χ1n) is 2.20. The fraction of sp³-hybridized carbons (Fsp3) is 0. The molecular weight excluding hydrogens is 138 g/mol. The summed E-state index contributed by atoms with van der Waals surface area (Å²) < 4.78 is 0. The number of hydrogen-bond acceptors (Lipinski definition) is 2. The summed E-state index contributed by atoms with van der Waals surface area (Å²) in [5, 5.41) is 0. The zero-order valence-corrected chi connectivity index (χ0v) is 5.60. The Balaban J connectivity index is 0. The topological polar surface area (TPSA) is 40.9 Å². The Morgan fingerprint density at radius 3 is 0.889 bits per heavy atom. The van der Waals surface area contributed by atoms with Gasteiger partial charge in [0.25, 0.3) is 0 Å². The van der Waals surface area contributed by atoms with Gasteiger partial charge in [0, 0.05) is 0 Å². The van der Waals surface area contributed by atoms with E-state index in [-0.39, 0.29) is 12.4 Å². The molecular formula is C6H8ClNO. The molecule has 0 saturated carbocycles. The van der Waals surface area contributed by atoms with Crippen molar-refractivity contribution in [2.75, 3.05) is 0 Å². The standard InChI is InChI=1S/C6H6.ClH.HNO/c1-2-4-6-5-3-1;;1-2/h1-6H;1H;1H. The lowest BCUT2D eigenvalue weighted by Gasteiger charge is -1.69. The summed E-state index contributed by atoms with van der Waals surface area (Å²) >= 11 is 0. The van der Waals surface area contributed by atoms with Crippen molar-refractivity contribution in [1.82, 2.24) is 0 Å². The molecule has 0 aliphatic carbocycles. The van der Waals surface area contributed by atoms with Crippen LogP contribution in [0.5, 0.6) is 0 Å². The fourth-order valence-corrected chi connectivity index (χ4v) is 0.385. The minimum Gasteiger partial charge on any atom is -0.154 e. The highest BCUT2D eigenvalue weighted by atomic mass is 35.5. The predicted molar refractivity (Wildman–Crippen MR) is 39.8 cm³/mol. The van der Waals surface area contributed by atoms with Gasteiger partial charge in [-0.15, -0.1) is 12.4 Å². The van der Waals surface area contributed by atoms with Gasteiger partial charge in [-0.1, -0.05) is 42.0 Å². The summed E-state index contributed by atoms with van der Waals surface area (Å²) in [6, 6.07) is 12.0. The highest BCUT2D eigenvalue weighted by Gasteiger charge is 1.57. The van der Waals surface area contributed by atoms with Gasteiger partial charge in [-0.2, -0.15) is 4.91 Å². The molecule has 9 heavy (non-hydrogen) atoms. The highest BCUT2D eigenvalue weighted by Crippen LogP contribution is 1.79. The zero-order chi connectivity index (χ0) is 6.24. The van der Waals surface area contributed by atoms with Crippen LogP contribution in [0.4, 0.5) is 0 Å². The van der Waals surface area contributed by atoms with Crippen LogP contribution < -0.4 is 0 Å². The van der Waals surface area contributed by atoms with E-state index >= 15 is 0 Å². The van der Waals surface area contributed by atoms with Crippen molar-refractivity contribution < 1.29 is 0 Å². The lowest BCUT2D eigenvalue weighted by molar-refractivity contribution is 1.49. The second-order valence-electron chi connectivity index (χ2n) is 1.15. The Bertz CT molecular complexity index is 95.9. The summed E-state index contributed by atoms with van der Waals surface area (Å²) in [5.74, 6) is 0. The molecule has 3 heteroatoms. The van der Waals surface area contributed by atoms with Crippen molar-refractivity contribution in [3.05, 3.63) is 41.3 Å². The first kappa shape index (κ1) is 11.0. The Hall–Kier alpha value is -0.890. The number of nitrogens with one attached hydrogen (secondary N) is 1. The minimum absolute atomic E-state index is 0. The molecule has 0 aliphatic heterocycles. The summed E-state index contributed by atoms with van der Waals surface area (Å²) in [7, 11) is 0. The van der Waals surface area contributed by atoms with Gasteiger partial charge < -0.3 is 0 Å². The summed E-state index contributed by atoms with van der Waals surface area (Å²) in [5.41, 5.74) is 4.50. The van der Waals surface area contributed by atoms with Crippen LogP contribution in [-0.2, 0) is 0 Å². The van der Waals surface area contributed by atoms with E-state index in [1.165, 1.54) is 0 Å². The van der Waals surface area contributed by atoms with Gasteiger partial charge >= 0.3 is 0 Å². The van der Waals surface area contributed by atoms with Crippen molar-refractivity contribution in [2.24, 2.45) is 0 Å². The van der Waals surface area contributed by atoms with E-state index in [4.69, 9.17) is 4.91 Å². The minimum atomic E-state index is 0. The maximum Gasteiger partial charge on any atom is -0.0623 e. The van der Waals surface area contributed by atoms with E-state index in [9.17, 15) is 0 Å². The van der Waals surface area contributed by atoms with Gasteiger partial charge in [0.2, 0.25) is 0 Å². The first-order chi connectivity index (χ1) is 4.00. The maximum absolute atomic E-state index is 7.50. The lowest BCUT2D eigenvalue weighted by atomic mass is 10.4. The molecule has 0 aliphatic rings. The molecule has 0 heterocycles. The lowest BCUT2D eigenvalue weighted by Crippen LogP contribution is -1.47. The van der Waals surface area contributed by atoms with Gasteiger partial charge in [0.15, 0.2) is 0 Å². The molecule has 0 bridgehead atoms. The SMILES string of the molecule is Cl.N=O.c1ccccc1. The van der Waals surface area contributed by atoms with Crippen molar-refractivity contribution in [1.29, 1.82) is 5.59 Å². The van der Waals surface area contributed by atoms with E-state index in [0.29, 0.717) is 0 Å². The van der Waals surface area contributed by atoms with Gasteiger partial charge in [-0.3, -0.25) is 0 Å². The van der Waals surface area contributed by atoms with E-state index < -0.39 is 0 Å². The molecule has 0 amide bonds. The molecule has 1 N–H and O–H groups in total. The molecule has 0 unspecified atom stereocenters. The number of rotatable bonds is 0. The van der Waals surface area contributed by atoms with E-state index in [0.717, 1.165) is 0 Å².